The van der Waals surface area contributed by atoms with Gasteiger partial charge >= 0.3 is 5.97 Å². The Morgan fingerprint density at radius 1 is 0.642 bits per heavy atom. The molecule has 2 aliphatic rings. The number of nitrogens with zero attached hydrogens (tertiary/aromatic N) is 8. The SMILES string of the molecule is Cc1nc(-c2cccc(C(=O)NCC3(c4nc(-c5ccncc5)cs4)CCOCC3)c2)no1.Cc1nc(-c2cccc(C(=O)O)c2)no1.NCC1(c2nc(-c3ccncc3)cs2)CCOCC1. The van der Waals surface area contributed by atoms with Crippen LogP contribution in [0.4, 0.5) is 0 Å². The van der Waals surface area contributed by atoms with Crippen molar-refractivity contribution >= 4 is 34.6 Å². The third-order valence-electron chi connectivity index (χ3n) is 11.6. The van der Waals surface area contributed by atoms with Gasteiger partial charge in [-0.2, -0.15) is 9.97 Å². The quantitative estimate of drug-likeness (QED) is 0.111. The molecule has 0 aliphatic carbocycles. The third-order valence-corrected chi connectivity index (χ3v) is 13.7. The zero-order valence-electron chi connectivity index (χ0n) is 36.8. The van der Waals surface area contributed by atoms with Crippen LogP contribution in [-0.2, 0) is 20.3 Å². The summed E-state index contributed by atoms with van der Waals surface area (Å²) < 4.78 is 21.0. The minimum atomic E-state index is -0.975. The number of rotatable bonds is 11. The van der Waals surface area contributed by atoms with Gasteiger partial charge in [0, 0.05) is 128 Å². The Morgan fingerprint density at radius 2 is 1.10 bits per heavy atom. The largest absolute Gasteiger partial charge is 0.478 e. The van der Waals surface area contributed by atoms with Crippen LogP contribution in [0.5, 0.6) is 0 Å². The number of thiazole rings is 2. The molecular weight excluding hydrogens is 893 g/mol. The summed E-state index contributed by atoms with van der Waals surface area (Å²) in [6.07, 6.45) is 10.7. The van der Waals surface area contributed by atoms with E-state index in [9.17, 15) is 9.59 Å². The summed E-state index contributed by atoms with van der Waals surface area (Å²) in [4.78, 5) is 49.9. The molecule has 0 spiro atoms. The van der Waals surface area contributed by atoms with Crippen molar-refractivity contribution in [3.63, 3.8) is 0 Å². The maximum Gasteiger partial charge on any atom is 0.335 e. The lowest BCUT2D eigenvalue weighted by Gasteiger charge is -2.35. The van der Waals surface area contributed by atoms with Crippen LogP contribution in [0.25, 0.3) is 45.3 Å². The number of nitrogens with two attached hydrogens (primary N) is 1. The van der Waals surface area contributed by atoms with Gasteiger partial charge in [0.05, 0.1) is 17.0 Å². The lowest BCUT2D eigenvalue weighted by Crippen LogP contribution is -2.44. The summed E-state index contributed by atoms with van der Waals surface area (Å²) in [5, 5.41) is 25.9. The molecular formula is C48H48N10O7S2. The van der Waals surface area contributed by atoms with E-state index in [1.165, 1.54) is 12.1 Å². The van der Waals surface area contributed by atoms with E-state index in [0.717, 1.165) is 77.0 Å². The third kappa shape index (κ3) is 11.4. The predicted molar refractivity (Wildman–Crippen MR) is 251 cm³/mol. The van der Waals surface area contributed by atoms with Crippen LogP contribution >= 0.6 is 22.7 Å². The molecule has 0 radical (unpaired) electrons. The van der Waals surface area contributed by atoms with Crippen molar-refractivity contribution in [2.45, 2.75) is 50.4 Å². The number of aromatic carboxylic acids is 1. The molecule has 2 saturated heterocycles. The molecule has 67 heavy (non-hydrogen) atoms. The number of carbonyl (C=O) groups is 2. The molecule has 19 heteroatoms. The van der Waals surface area contributed by atoms with Crippen LogP contribution in [0.2, 0.25) is 0 Å². The number of hydrogen-bond donors (Lipinski definition) is 3. The van der Waals surface area contributed by atoms with E-state index in [1.54, 1.807) is 85.6 Å². The van der Waals surface area contributed by atoms with Crippen molar-refractivity contribution in [1.82, 2.24) is 45.5 Å². The highest BCUT2D eigenvalue weighted by atomic mass is 32.1. The van der Waals surface area contributed by atoms with Crippen molar-refractivity contribution < 1.29 is 33.2 Å². The topological polar surface area (TPSA) is 240 Å². The van der Waals surface area contributed by atoms with Crippen LogP contribution in [-0.4, -0.2) is 96.7 Å². The van der Waals surface area contributed by atoms with E-state index in [1.807, 2.05) is 36.4 Å². The van der Waals surface area contributed by atoms with Gasteiger partial charge in [-0.25, -0.2) is 14.8 Å². The Bertz CT molecular complexity index is 2870. The molecule has 2 aromatic carbocycles. The average Bonchev–Trinajstić information content (AvgIpc) is 4.24. The van der Waals surface area contributed by atoms with Crippen LogP contribution < -0.4 is 11.1 Å². The van der Waals surface area contributed by atoms with Gasteiger partial charge in [-0.1, -0.05) is 34.6 Å². The van der Waals surface area contributed by atoms with Gasteiger partial charge in [0.15, 0.2) is 0 Å². The Balaban J connectivity index is 0.000000151. The molecule has 4 N–H and O–H groups in total. The molecule has 0 unspecified atom stereocenters. The van der Waals surface area contributed by atoms with E-state index in [0.29, 0.717) is 60.9 Å². The molecule has 344 valence electrons. The summed E-state index contributed by atoms with van der Waals surface area (Å²) in [6, 6.07) is 21.5. The number of carboxylic acids is 1. The van der Waals surface area contributed by atoms with Crippen molar-refractivity contribution in [2.24, 2.45) is 5.73 Å². The van der Waals surface area contributed by atoms with Gasteiger partial charge in [-0.15, -0.1) is 22.7 Å². The van der Waals surface area contributed by atoms with E-state index in [-0.39, 0.29) is 22.3 Å². The van der Waals surface area contributed by atoms with E-state index in [4.69, 9.17) is 39.3 Å². The van der Waals surface area contributed by atoms with E-state index < -0.39 is 5.97 Å². The fraction of sp³-hybridized carbons (Fsp3) is 0.292. The Hall–Kier alpha value is -6.90. The van der Waals surface area contributed by atoms with Crippen molar-refractivity contribution in [3.8, 4) is 45.3 Å². The molecule has 8 aromatic rings. The number of amides is 1. The van der Waals surface area contributed by atoms with Crippen LogP contribution in [0, 0.1) is 13.8 Å². The molecule has 17 nitrogen and oxygen atoms in total. The number of aromatic nitrogens is 8. The Morgan fingerprint density at radius 3 is 1.57 bits per heavy atom. The average molecular weight is 941 g/mol. The van der Waals surface area contributed by atoms with Gasteiger partial charge in [-0.3, -0.25) is 14.8 Å². The first-order chi connectivity index (χ1) is 32.6. The minimum absolute atomic E-state index is 0.00813. The highest BCUT2D eigenvalue weighted by Gasteiger charge is 2.38. The number of aryl methyl sites for hydroxylation is 2. The fourth-order valence-corrected chi connectivity index (χ4v) is 9.81. The van der Waals surface area contributed by atoms with Crippen LogP contribution in [0.15, 0.2) is 117 Å². The van der Waals surface area contributed by atoms with Crippen molar-refractivity contribution in [1.29, 1.82) is 0 Å². The number of benzene rings is 2. The predicted octanol–water partition coefficient (Wildman–Crippen LogP) is 8.00. The van der Waals surface area contributed by atoms with Crippen LogP contribution in [0.1, 0.15) is 68.2 Å². The normalized spacial score (nSPS) is 15.0. The zero-order valence-corrected chi connectivity index (χ0v) is 38.5. The first kappa shape index (κ1) is 46.6. The molecule has 0 saturated carbocycles. The molecule has 6 aromatic heterocycles. The lowest BCUT2D eigenvalue weighted by atomic mass is 9.80. The van der Waals surface area contributed by atoms with Crippen molar-refractivity contribution in [3.05, 3.63) is 141 Å². The first-order valence-corrected chi connectivity index (χ1v) is 23.3. The second kappa shape index (κ2) is 21.6. The number of hydrogen-bond acceptors (Lipinski definition) is 17. The molecule has 8 heterocycles. The smallest absolute Gasteiger partial charge is 0.335 e. The highest BCUT2D eigenvalue weighted by Crippen LogP contribution is 2.39. The maximum atomic E-state index is 13.0. The van der Waals surface area contributed by atoms with E-state index in [2.05, 4.69) is 46.3 Å². The molecule has 0 atom stereocenters. The number of carbonyl (C=O) groups excluding carboxylic acids is 1. The maximum absolute atomic E-state index is 13.0. The standard InChI is InChI=1S/C24H23N5O3S.C14H17N3OS.C10H8N2O3/c1-16-27-21(29-32-16)18-3-2-4-19(13-18)22(30)26-15-24(7-11-31-12-8-24)23-28-20(14-33-23)17-5-9-25-10-6-17;15-10-14(3-7-18-8-4-14)13-17-12(9-19-13)11-1-5-16-6-2-11;1-6-11-9(12-15-6)7-3-2-4-8(5-7)10(13)14/h2-6,9-10,13-14H,7-8,11-12,15H2,1H3,(H,26,30);1-2,5-6,9H,3-4,7-8,10,15H2;2-5H,1H3,(H,13,14). The fourth-order valence-electron chi connectivity index (χ4n) is 7.62. The number of ether oxygens (including phenoxy) is 2. The monoisotopic (exact) mass is 940 g/mol. The second-order valence-electron chi connectivity index (χ2n) is 16.0. The van der Waals surface area contributed by atoms with Crippen LogP contribution in [0.3, 0.4) is 0 Å². The van der Waals surface area contributed by atoms with Gasteiger partial charge in [0.1, 0.15) is 10.0 Å². The molecule has 10 rings (SSSR count). The van der Waals surface area contributed by atoms with Crippen molar-refractivity contribution in [2.75, 3.05) is 39.5 Å². The lowest BCUT2D eigenvalue weighted by molar-refractivity contribution is 0.0486. The molecule has 0 bridgehead atoms. The molecule has 1 amide bonds. The molecule has 2 fully saturated rings. The Labute approximate surface area is 393 Å². The van der Waals surface area contributed by atoms with Gasteiger partial charge < -0.3 is 34.7 Å². The first-order valence-electron chi connectivity index (χ1n) is 21.5. The second-order valence-corrected chi connectivity index (χ2v) is 17.7. The summed E-state index contributed by atoms with van der Waals surface area (Å²) in [5.74, 6) is 0.678. The summed E-state index contributed by atoms with van der Waals surface area (Å²) >= 11 is 3.34. The Kier molecular flexibility index (Phi) is 15.0. The number of pyridine rings is 2. The van der Waals surface area contributed by atoms with Gasteiger partial charge in [-0.05, 0) is 74.2 Å². The summed E-state index contributed by atoms with van der Waals surface area (Å²) in [7, 11) is 0. The molecule has 2 aliphatic heterocycles. The zero-order chi connectivity index (χ0) is 46.6. The summed E-state index contributed by atoms with van der Waals surface area (Å²) in [6.45, 7) is 7.39. The van der Waals surface area contributed by atoms with E-state index >= 15 is 0 Å². The minimum Gasteiger partial charge on any atom is -0.478 e. The summed E-state index contributed by atoms with van der Waals surface area (Å²) in [5.41, 5.74) is 12.0. The van der Waals surface area contributed by atoms with Gasteiger partial charge in [0.25, 0.3) is 5.91 Å². The van der Waals surface area contributed by atoms with Gasteiger partial charge in [0.2, 0.25) is 23.4 Å². The number of nitrogens with one attached hydrogen (secondary N) is 1. The number of carboxylic acid groups (broad SMARTS) is 1. The highest BCUT2D eigenvalue weighted by molar-refractivity contribution is 7.10.